The molecular weight excluding hydrogens is 628 g/mol. The maximum absolute atomic E-state index is 15.3. The highest BCUT2D eigenvalue weighted by molar-refractivity contribution is 5.93. The fourth-order valence-corrected chi connectivity index (χ4v) is 11.6. The predicted molar refractivity (Wildman–Crippen MR) is 161 cm³/mol. The van der Waals surface area contributed by atoms with Gasteiger partial charge in [-0.25, -0.2) is 0 Å². The van der Waals surface area contributed by atoms with Crippen molar-refractivity contribution in [3.8, 4) is 0 Å². The lowest BCUT2D eigenvalue weighted by Gasteiger charge is -2.73. The predicted octanol–water partition coefficient (Wildman–Crippen LogP) is 2.03. The Labute approximate surface area is 278 Å². The maximum atomic E-state index is 15.3. The number of esters is 3. The van der Waals surface area contributed by atoms with E-state index in [1.807, 2.05) is 19.9 Å². The molecular formula is C35H46O13. The molecule has 2 aliphatic heterocycles. The van der Waals surface area contributed by atoms with Gasteiger partial charge in [0.25, 0.3) is 0 Å². The Hall–Kier alpha value is -2.84. The zero-order valence-electron chi connectivity index (χ0n) is 28.3. The molecule has 13 heteroatoms. The van der Waals surface area contributed by atoms with E-state index in [0.29, 0.717) is 12.8 Å². The fourth-order valence-electron chi connectivity index (χ4n) is 11.6. The second kappa shape index (κ2) is 10.6. The van der Waals surface area contributed by atoms with Gasteiger partial charge in [0.2, 0.25) is 6.29 Å². The Morgan fingerprint density at radius 2 is 1.71 bits per heavy atom. The second-order valence-corrected chi connectivity index (χ2v) is 15.7. The summed E-state index contributed by atoms with van der Waals surface area (Å²) in [4.78, 5) is 53.7. The molecule has 16 atom stereocenters. The largest absolute Gasteiger partial charge is 0.472 e. The number of aliphatic hydroxyl groups excluding tert-OH is 3. The number of Topliss-reactive ketones (excluding diaryl/α,β-unsaturated/α-hetero) is 1. The summed E-state index contributed by atoms with van der Waals surface area (Å²) in [6, 6.07) is 1.81. The van der Waals surface area contributed by atoms with Crippen LogP contribution in [0.1, 0.15) is 79.2 Å². The minimum absolute atomic E-state index is 0.0262. The molecule has 0 radical (unpaired) electrons. The van der Waals surface area contributed by atoms with Crippen molar-refractivity contribution in [2.75, 3.05) is 6.61 Å². The molecule has 3 heterocycles. The van der Waals surface area contributed by atoms with Crippen LogP contribution in [0, 0.1) is 39.4 Å². The van der Waals surface area contributed by atoms with E-state index in [0.717, 1.165) is 12.5 Å². The molecule has 48 heavy (non-hydrogen) atoms. The molecule has 4 saturated carbocycles. The van der Waals surface area contributed by atoms with E-state index in [1.165, 1.54) is 13.2 Å². The van der Waals surface area contributed by atoms with E-state index in [-0.39, 0.29) is 18.9 Å². The van der Waals surface area contributed by atoms with E-state index in [1.54, 1.807) is 27.0 Å². The normalized spacial score (nSPS) is 50.6. The summed E-state index contributed by atoms with van der Waals surface area (Å²) in [5, 5.41) is 36.6. The summed E-state index contributed by atoms with van der Waals surface area (Å²) in [6.45, 7) is 10.9. The first-order valence-electron chi connectivity index (χ1n) is 16.9. The van der Waals surface area contributed by atoms with Gasteiger partial charge in [0.15, 0.2) is 11.9 Å². The van der Waals surface area contributed by atoms with Gasteiger partial charge in [-0.1, -0.05) is 27.7 Å². The van der Waals surface area contributed by atoms with Crippen molar-refractivity contribution in [2.24, 2.45) is 39.4 Å². The van der Waals surface area contributed by atoms with Crippen LogP contribution in [0.2, 0.25) is 0 Å². The maximum Gasteiger partial charge on any atom is 0.310 e. The van der Waals surface area contributed by atoms with E-state index >= 15 is 4.79 Å². The van der Waals surface area contributed by atoms with E-state index in [2.05, 4.69) is 0 Å². The molecule has 264 valence electrons. The third kappa shape index (κ3) is 3.74. The quantitative estimate of drug-likeness (QED) is 0.226. The van der Waals surface area contributed by atoms with Crippen molar-refractivity contribution in [3.05, 3.63) is 24.2 Å². The van der Waals surface area contributed by atoms with Crippen LogP contribution >= 0.6 is 0 Å². The van der Waals surface area contributed by atoms with Gasteiger partial charge in [-0.3, -0.25) is 19.2 Å². The van der Waals surface area contributed by atoms with Crippen LogP contribution in [0.3, 0.4) is 0 Å². The highest BCUT2D eigenvalue weighted by Gasteiger charge is 2.93. The van der Waals surface area contributed by atoms with Gasteiger partial charge < -0.3 is 43.4 Å². The van der Waals surface area contributed by atoms with Gasteiger partial charge in [-0.05, 0) is 43.7 Å². The van der Waals surface area contributed by atoms with Crippen LogP contribution in [0.25, 0.3) is 0 Å². The fraction of sp³-hybridized carbons (Fsp3) is 0.771. The SMILES string of the molecule is CCC(C)C(=O)OC1OCC23C(O)C(O)C(OC(C)=O)C1(C)C2CC(O)C1(C)C3C(=O)C(OC(C)=O)C2(C)C(c3ccoc3)CC3OC321. The van der Waals surface area contributed by atoms with E-state index in [4.69, 9.17) is 28.1 Å². The molecule has 4 aliphatic carbocycles. The van der Waals surface area contributed by atoms with Crippen LogP contribution in [-0.2, 0) is 42.9 Å². The number of furan rings is 1. The highest BCUT2D eigenvalue weighted by atomic mass is 16.7. The molecule has 13 nitrogen and oxygen atoms in total. The van der Waals surface area contributed by atoms with E-state index in [9.17, 15) is 29.7 Å². The Morgan fingerprint density at radius 3 is 2.31 bits per heavy atom. The summed E-state index contributed by atoms with van der Waals surface area (Å²) < 4.78 is 36.0. The Balaban J connectivity index is 1.42. The Bertz CT molecular complexity index is 1530. The van der Waals surface area contributed by atoms with Crippen LogP contribution in [-0.4, -0.2) is 94.1 Å². The zero-order valence-corrected chi connectivity index (χ0v) is 28.3. The van der Waals surface area contributed by atoms with Crippen molar-refractivity contribution in [1.29, 1.82) is 0 Å². The Kier molecular flexibility index (Phi) is 7.42. The van der Waals surface area contributed by atoms with Crippen molar-refractivity contribution in [1.82, 2.24) is 0 Å². The lowest BCUT2D eigenvalue weighted by molar-refractivity contribution is -0.391. The van der Waals surface area contributed by atoms with Gasteiger partial charge in [-0.2, -0.15) is 0 Å². The summed E-state index contributed by atoms with van der Waals surface area (Å²) in [5.74, 6) is -5.51. The topological polar surface area (TPSA) is 192 Å². The van der Waals surface area contributed by atoms with Gasteiger partial charge in [0, 0.05) is 36.5 Å². The zero-order chi connectivity index (χ0) is 34.9. The second-order valence-electron chi connectivity index (χ2n) is 15.7. The number of carbonyl (C=O) groups excluding carboxylic acids is 4. The molecule has 2 saturated heterocycles. The number of ketones is 1. The molecule has 16 unspecified atom stereocenters. The lowest BCUT2D eigenvalue weighted by Crippen LogP contribution is -2.84. The number of carbonyl (C=O) groups is 4. The molecule has 0 amide bonds. The summed E-state index contributed by atoms with van der Waals surface area (Å²) in [7, 11) is 0. The molecule has 6 aliphatic rings. The average Bonchev–Trinajstić information content (AvgIpc) is 3.39. The third-order valence-corrected chi connectivity index (χ3v) is 13.8. The van der Waals surface area contributed by atoms with Gasteiger partial charge in [-0.15, -0.1) is 0 Å². The third-order valence-electron chi connectivity index (χ3n) is 13.8. The van der Waals surface area contributed by atoms with Crippen LogP contribution in [0.4, 0.5) is 0 Å². The molecule has 0 aromatic carbocycles. The smallest absolute Gasteiger partial charge is 0.310 e. The standard InChI is InChI=1S/C35H46O13/c1-8-15(2)29(42)47-30-31(5)20-12-21(38)33(7)25(34(20,14-44-30)26(41)24(40)27(31)45-16(3)36)23(39)28(46-17(4)37)32(6)19(18-9-10-43-13-18)11-22-35(32,33)48-22/h9-10,13,15,19-22,24-28,30,38,40-41H,8,11-12,14H2,1-7H3. The number of ether oxygens (including phenoxy) is 5. The Morgan fingerprint density at radius 1 is 1.02 bits per heavy atom. The van der Waals surface area contributed by atoms with Gasteiger partial charge >= 0.3 is 17.9 Å². The van der Waals surface area contributed by atoms with Gasteiger partial charge in [0.1, 0.15) is 17.8 Å². The molecule has 1 aromatic heterocycles. The summed E-state index contributed by atoms with van der Waals surface area (Å²) in [6.07, 6.45) is -5.16. The van der Waals surface area contributed by atoms with Crippen molar-refractivity contribution < 1.29 is 62.6 Å². The van der Waals surface area contributed by atoms with Gasteiger partial charge in [0.05, 0.1) is 54.2 Å². The number of fused-ring (bicyclic) bond motifs is 1. The van der Waals surface area contributed by atoms with Crippen LogP contribution in [0.15, 0.2) is 23.0 Å². The number of hydrogen-bond acceptors (Lipinski definition) is 13. The molecule has 2 bridgehead atoms. The molecule has 7 rings (SSSR count). The molecule has 1 spiro atoms. The summed E-state index contributed by atoms with van der Waals surface area (Å²) in [5.41, 5.74) is -6.03. The molecule has 3 N–H and O–H groups in total. The van der Waals surface area contributed by atoms with Crippen molar-refractivity contribution in [3.63, 3.8) is 0 Å². The first-order valence-corrected chi connectivity index (χ1v) is 16.9. The van der Waals surface area contributed by atoms with Crippen LogP contribution < -0.4 is 0 Å². The van der Waals surface area contributed by atoms with Crippen LogP contribution in [0.5, 0.6) is 0 Å². The average molecular weight is 675 g/mol. The van der Waals surface area contributed by atoms with Crippen molar-refractivity contribution >= 4 is 23.7 Å². The summed E-state index contributed by atoms with van der Waals surface area (Å²) >= 11 is 0. The highest BCUT2D eigenvalue weighted by Crippen LogP contribution is 2.83. The van der Waals surface area contributed by atoms with Crippen molar-refractivity contribution in [2.45, 2.75) is 122 Å². The van der Waals surface area contributed by atoms with E-state index < -0.39 is 112 Å². The minimum atomic E-state index is -1.73. The molecule has 6 fully saturated rings. The number of epoxide rings is 1. The number of hydrogen-bond donors (Lipinski definition) is 3. The number of aliphatic hydroxyl groups is 3. The lowest BCUT2D eigenvalue weighted by atomic mass is 9.33. The first kappa shape index (κ1) is 33.6. The molecule has 1 aromatic rings. The minimum Gasteiger partial charge on any atom is -0.472 e. The monoisotopic (exact) mass is 674 g/mol. The number of rotatable bonds is 6. The first-order chi connectivity index (χ1) is 22.5.